The zero-order chi connectivity index (χ0) is 28.6. The maximum absolute atomic E-state index is 13.1. The molecule has 0 radical (unpaired) electrons. The van der Waals surface area contributed by atoms with E-state index in [9.17, 15) is 4.79 Å². The van der Waals surface area contributed by atoms with Crippen LogP contribution in [0.25, 0.3) is 0 Å². The van der Waals surface area contributed by atoms with Crippen molar-refractivity contribution in [2.75, 3.05) is 17.8 Å². The lowest BCUT2D eigenvalue weighted by Gasteiger charge is -2.24. The summed E-state index contributed by atoms with van der Waals surface area (Å²) in [6.07, 6.45) is 18.2. The van der Waals surface area contributed by atoms with E-state index in [1.807, 2.05) is 30.3 Å². The van der Waals surface area contributed by atoms with Gasteiger partial charge in [-0.25, -0.2) is 0 Å². The molecule has 0 atom stereocenters. The highest BCUT2D eigenvalue weighted by molar-refractivity contribution is 8.93. The van der Waals surface area contributed by atoms with E-state index < -0.39 is 0 Å². The molecule has 228 valence electrons. The summed E-state index contributed by atoms with van der Waals surface area (Å²) in [5.41, 5.74) is 3.66. The van der Waals surface area contributed by atoms with Gasteiger partial charge < -0.3 is 15.0 Å². The number of ether oxygens (including phenoxy) is 1. The Morgan fingerprint density at radius 2 is 1.49 bits per heavy atom. The molecule has 0 aromatic heterocycles. The molecule has 6 heteroatoms. The molecule has 0 aliphatic carbocycles. The lowest BCUT2D eigenvalue weighted by Crippen LogP contribution is -2.17. The molecule has 41 heavy (non-hydrogen) atoms. The predicted molar refractivity (Wildman–Crippen MR) is 184 cm³/mol. The Balaban J connectivity index is 0.00000588. The first-order valence-electron chi connectivity index (χ1n) is 15.6. The summed E-state index contributed by atoms with van der Waals surface area (Å²) in [5.74, 6) is 1.79. The van der Waals surface area contributed by atoms with Crippen molar-refractivity contribution in [2.24, 2.45) is 0 Å². The fourth-order valence-electron chi connectivity index (χ4n) is 5.05. The van der Waals surface area contributed by atoms with Crippen LogP contribution >= 0.6 is 28.7 Å². The number of hydrogen-bond acceptors (Lipinski definition) is 4. The maximum Gasteiger partial charge on any atom is 0.255 e. The largest absolute Gasteiger partial charge is 0.493 e. The molecule has 4 nitrogen and oxygen atoms in total. The van der Waals surface area contributed by atoms with Crippen LogP contribution in [0.15, 0.2) is 54.1 Å². The van der Waals surface area contributed by atoms with Crippen molar-refractivity contribution in [3.63, 3.8) is 0 Å². The average Bonchev–Trinajstić information content (AvgIpc) is 3.45. The smallest absolute Gasteiger partial charge is 0.255 e. The SMILES string of the molecule is Br.CCCCCCCCCCCCCCOc1ccc(C(=O)Nc2ccc(CN3C=CSC3)cc2)cc1C(C)(C)C. The number of nitrogens with one attached hydrogen (secondary N) is 1. The van der Waals surface area contributed by atoms with Crippen LogP contribution in [-0.4, -0.2) is 23.3 Å². The molecule has 1 aliphatic heterocycles. The van der Waals surface area contributed by atoms with Crippen molar-refractivity contribution < 1.29 is 9.53 Å². The van der Waals surface area contributed by atoms with Crippen LogP contribution in [0, 0.1) is 0 Å². The van der Waals surface area contributed by atoms with Gasteiger partial charge in [0.1, 0.15) is 5.75 Å². The second-order valence-corrected chi connectivity index (χ2v) is 13.0. The van der Waals surface area contributed by atoms with Crippen molar-refractivity contribution in [3.8, 4) is 5.75 Å². The number of carbonyl (C=O) groups excluding carboxylic acids is 1. The van der Waals surface area contributed by atoms with Gasteiger partial charge in [-0.05, 0) is 53.1 Å². The van der Waals surface area contributed by atoms with Crippen LogP contribution in [0.2, 0.25) is 0 Å². The zero-order valence-corrected chi connectivity index (χ0v) is 28.4. The molecular weight excluding hydrogens is 592 g/mol. The summed E-state index contributed by atoms with van der Waals surface area (Å²) < 4.78 is 6.23. The van der Waals surface area contributed by atoms with E-state index in [0.29, 0.717) is 5.56 Å². The molecule has 0 unspecified atom stereocenters. The molecule has 0 spiro atoms. The number of thioether (sulfide) groups is 1. The number of carbonyl (C=O) groups is 1. The summed E-state index contributed by atoms with van der Waals surface area (Å²) >= 11 is 1.81. The highest BCUT2D eigenvalue weighted by atomic mass is 79.9. The molecule has 3 rings (SSSR count). The minimum absolute atomic E-state index is 0. The van der Waals surface area contributed by atoms with Crippen LogP contribution in [0.5, 0.6) is 5.75 Å². The van der Waals surface area contributed by atoms with Gasteiger partial charge in [-0.1, -0.05) is 110 Å². The Morgan fingerprint density at radius 1 is 0.878 bits per heavy atom. The fraction of sp³-hybridized carbons (Fsp3) is 0.571. The molecule has 1 amide bonds. The van der Waals surface area contributed by atoms with E-state index >= 15 is 0 Å². The Kier molecular flexibility index (Phi) is 16.6. The standard InChI is InChI=1S/C35H52N2O2S.BrH/c1-5-6-7-8-9-10-11-12-13-14-15-16-24-39-33-22-19-30(26-32(33)35(2,3)4)34(38)36-31-20-17-29(18-21-31)27-37-23-25-40-28-37;/h17-23,25-26H,5-16,24,27-28H2,1-4H3,(H,36,38);1H. The van der Waals surface area contributed by atoms with Gasteiger partial charge in [0.05, 0.1) is 12.5 Å². The Bertz CT molecular complexity index is 1050. The Morgan fingerprint density at radius 3 is 2.05 bits per heavy atom. The van der Waals surface area contributed by atoms with Crippen molar-refractivity contribution in [1.82, 2.24) is 4.90 Å². The molecule has 2 aromatic carbocycles. The number of nitrogens with zero attached hydrogens (tertiary/aromatic N) is 1. The van der Waals surface area contributed by atoms with E-state index in [-0.39, 0.29) is 28.3 Å². The van der Waals surface area contributed by atoms with Crippen LogP contribution in [0.4, 0.5) is 5.69 Å². The first kappa shape index (κ1) is 35.3. The zero-order valence-electron chi connectivity index (χ0n) is 25.9. The first-order valence-corrected chi connectivity index (χ1v) is 16.6. The highest BCUT2D eigenvalue weighted by Crippen LogP contribution is 2.33. The number of anilines is 1. The quantitative estimate of drug-likeness (QED) is 0.164. The number of amides is 1. The monoisotopic (exact) mass is 644 g/mol. The number of unbranched alkanes of at least 4 members (excludes halogenated alkanes) is 11. The molecular formula is C35H53BrN2O2S. The maximum atomic E-state index is 13.1. The normalized spacial score (nSPS) is 12.8. The number of benzene rings is 2. The van der Waals surface area contributed by atoms with Crippen LogP contribution < -0.4 is 10.1 Å². The van der Waals surface area contributed by atoms with Gasteiger partial charge in [0, 0.05) is 29.6 Å². The van der Waals surface area contributed by atoms with E-state index in [0.717, 1.165) is 42.4 Å². The minimum Gasteiger partial charge on any atom is -0.493 e. The van der Waals surface area contributed by atoms with Crippen molar-refractivity contribution in [1.29, 1.82) is 0 Å². The number of hydrogen-bond donors (Lipinski definition) is 1. The molecule has 1 heterocycles. The third-order valence-corrected chi connectivity index (χ3v) is 8.31. The van der Waals surface area contributed by atoms with Crippen LogP contribution in [-0.2, 0) is 12.0 Å². The molecule has 0 saturated carbocycles. The lowest BCUT2D eigenvalue weighted by atomic mass is 9.85. The van der Waals surface area contributed by atoms with Gasteiger partial charge in [0.2, 0.25) is 0 Å². The second-order valence-electron chi connectivity index (χ2n) is 12.2. The van der Waals surface area contributed by atoms with Crippen LogP contribution in [0.1, 0.15) is 126 Å². The van der Waals surface area contributed by atoms with Gasteiger partial charge >= 0.3 is 0 Å². The number of halogens is 1. The van der Waals surface area contributed by atoms with Crippen molar-refractivity contribution in [2.45, 2.75) is 117 Å². The van der Waals surface area contributed by atoms with Gasteiger partial charge in [-0.3, -0.25) is 4.79 Å². The summed E-state index contributed by atoms with van der Waals surface area (Å²) in [7, 11) is 0. The summed E-state index contributed by atoms with van der Waals surface area (Å²) in [5, 5.41) is 5.18. The highest BCUT2D eigenvalue weighted by Gasteiger charge is 2.21. The van der Waals surface area contributed by atoms with E-state index in [2.05, 4.69) is 61.7 Å². The third-order valence-electron chi connectivity index (χ3n) is 7.51. The third kappa shape index (κ3) is 13.3. The fourth-order valence-corrected chi connectivity index (χ4v) is 5.76. The van der Waals surface area contributed by atoms with Gasteiger partial charge in [0.25, 0.3) is 5.91 Å². The summed E-state index contributed by atoms with van der Waals surface area (Å²) in [6, 6.07) is 14.0. The Hall–Kier alpha value is -1.92. The second kappa shape index (κ2) is 19.3. The lowest BCUT2D eigenvalue weighted by molar-refractivity contribution is 0.102. The average molecular weight is 646 g/mol. The number of rotatable bonds is 18. The summed E-state index contributed by atoms with van der Waals surface area (Å²) in [4.78, 5) is 15.4. The van der Waals surface area contributed by atoms with E-state index in [4.69, 9.17) is 4.74 Å². The van der Waals surface area contributed by atoms with Gasteiger partial charge in [-0.15, -0.1) is 28.7 Å². The van der Waals surface area contributed by atoms with Crippen molar-refractivity contribution >= 4 is 40.3 Å². The van der Waals surface area contributed by atoms with Gasteiger partial charge in [-0.2, -0.15) is 0 Å². The predicted octanol–water partition coefficient (Wildman–Crippen LogP) is 10.9. The van der Waals surface area contributed by atoms with Crippen LogP contribution in [0.3, 0.4) is 0 Å². The van der Waals surface area contributed by atoms with E-state index in [1.165, 1.54) is 76.2 Å². The first-order chi connectivity index (χ1) is 19.4. The molecule has 0 saturated heterocycles. The molecule has 0 bridgehead atoms. The molecule has 1 aliphatic rings. The molecule has 1 N–H and O–H groups in total. The minimum atomic E-state index is -0.119. The molecule has 0 fully saturated rings. The Labute approximate surface area is 264 Å². The molecule has 2 aromatic rings. The summed E-state index contributed by atoms with van der Waals surface area (Å²) in [6.45, 7) is 10.4. The van der Waals surface area contributed by atoms with E-state index in [1.54, 1.807) is 11.8 Å². The van der Waals surface area contributed by atoms with Crippen molar-refractivity contribution in [3.05, 3.63) is 70.8 Å². The van der Waals surface area contributed by atoms with Gasteiger partial charge in [0.15, 0.2) is 0 Å². The topological polar surface area (TPSA) is 41.6 Å².